The first kappa shape index (κ1) is 21.2. The topological polar surface area (TPSA) is 151 Å². The van der Waals surface area contributed by atoms with Gasteiger partial charge in [0.25, 0.3) is 0 Å². The molecular weight excluding hydrogens is 320 g/mol. The maximum atomic E-state index is 11.2. The van der Waals surface area contributed by atoms with Crippen molar-refractivity contribution < 1.29 is 28.7 Å². The molecule has 0 amide bonds. The lowest BCUT2D eigenvalue weighted by atomic mass is 10.3. The van der Waals surface area contributed by atoms with Crippen molar-refractivity contribution in [1.82, 2.24) is 16.0 Å². The van der Waals surface area contributed by atoms with E-state index < -0.39 is 25.8 Å². The van der Waals surface area contributed by atoms with Crippen molar-refractivity contribution in [2.24, 2.45) is 0 Å². The van der Waals surface area contributed by atoms with E-state index in [9.17, 15) is 9.13 Å². The molecule has 0 rings (SSSR count). The second kappa shape index (κ2) is 7.64. The molecule has 0 radical (unpaired) electrons. The SMILES string of the molecule is CC(C)(NCCNCCNC(C)(C)P(=O)(O)O)P(=O)(O)O. The monoisotopic (exact) mass is 347 g/mol. The summed E-state index contributed by atoms with van der Waals surface area (Å²) in [5, 5.41) is 5.96. The van der Waals surface area contributed by atoms with Gasteiger partial charge in [0.2, 0.25) is 0 Å². The summed E-state index contributed by atoms with van der Waals surface area (Å²) in [6.07, 6.45) is 0. The predicted molar refractivity (Wildman–Crippen MR) is 81.1 cm³/mol. The molecule has 0 heterocycles. The van der Waals surface area contributed by atoms with Gasteiger partial charge < -0.3 is 35.5 Å². The summed E-state index contributed by atoms with van der Waals surface area (Å²) >= 11 is 0. The van der Waals surface area contributed by atoms with Crippen LogP contribution in [0.3, 0.4) is 0 Å². The van der Waals surface area contributed by atoms with Crippen LogP contribution in [0.5, 0.6) is 0 Å². The van der Waals surface area contributed by atoms with Crippen molar-refractivity contribution in [2.45, 2.75) is 38.3 Å². The minimum Gasteiger partial charge on any atom is -0.323 e. The van der Waals surface area contributed by atoms with Crippen molar-refractivity contribution in [3.05, 3.63) is 0 Å². The van der Waals surface area contributed by atoms with E-state index in [1.807, 2.05) is 0 Å². The summed E-state index contributed by atoms with van der Waals surface area (Å²) < 4.78 is 22.3. The third kappa shape index (κ3) is 7.32. The molecule has 0 bridgehead atoms. The summed E-state index contributed by atoms with van der Waals surface area (Å²) in [5.41, 5.74) is 0. The zero-order valence-corrected chi connectivity index (χ0v) is 14.6. The average Bonchev–Trinajstić information content (AvgIpc) is 2.24. The van der Waals surface area contributed by atoms with E-state index in [1.54, 1.807) is 0 Å². The van der Waals surface area contributed by atoms with E-state index in [0.29, 0.717) is 26.2 Å². The molecule has 0 atom stereocenters. The van der Waals surface area contributed by atoms with Gasteiger partial charge >= 0.3 is 15.2 Å². The molecule has 0 saturated carbocycles. The molecule has 7 N–H and O–H groups in total. The predicted octanol–water partition coefficient (Wildman–Crippen LogP) is -0.417. The van der Waals surface area contributed by atoms with E-state index in [4.69, 9.17) is 19.6 Å². The van der Waals surface area contributed by atoms with Gasteiger partial charge in [-0.05, 0) is 27.7 Å². The van der Waals surface area contributed by atoms with Gasteiger partial charge in [0.15, 0.2) is 0 Å². The second-order valence-electron chi connectivity index (χ2n) is 5.81. The van der Waals surface area contributed by atoms with E-state index in [2.05, 4.69) is 16.0 Å². The Bertz CT molecular complexity index is 379. The molecule has 0 aliphatic heterocycles. The van der Waals surface area contributed by atoms with Crippen molar-refractivity contribution in [3.8, 4) is 0 Å². The molecule has 0 saturated heterocycles. The van der Waals surface area contributed by atoms with Crippen LogP contribution in [-0.2, 0) is 9.13 Å². The minimum atomic E-state index is -4.21. The maximum absolute atomic E-state index is 11.2. The first-order valence-electron chi connectivity index (χ1n) is 6.53. The highest BCUT2D eigenvalue weighted by atomic mass is 31.2. The highest BCUT2D eigenvalue weighted by Gasteiger charge is 2.37. The smallest absolute Gasteiger partial charge is 0.323 e. The Hall–Kier alpha value is 0.180. The quantitative estimate of drug-likeness (QED) is 0.206. The largest absolute Gasteiger partial charge is 0.344 e. The summed E-state index contributed by atoms with van der Waals surface area (Å²) in [4.78, 5) is 36.4. The third-order valence-electron chi connectivity index (χ3n) is 3.18. The lowest BCUT2D eigenvalue weighted by molar-refractivity contribution is 0.313. The number of hydrogen-bond acceptors (Lipinski definition) is 5. The van der Waals surface area contributed by atoms with Crippen LogP contribution in [0, 0.1) is 0 Å². The van der Waals surface area contributed by atoms with Crippen molar-refractivity contribution in [2.75, 3.05) is 26.2 Å². The molecule has 0 aromatic heterocycles. The molecule has 0 aromatic carbocycles. The van der Waals surface area contributed by atoms with E-state index >= 15 is 0 Å². The lowest BCUT2D eigenvalue weighted by Gasteiger charge is -2.28. The number of hydrogen-bond donors (Lipinski definition) is 7. The van der Waals surface area contributed by atoms with Crippen LogP contribution in [0.1, 0.15) is 27.7 Å². The fraction of sp³-hybridized carbons (Fsp3) is 1.00. The van der Waals surface area contributed by atoms with Gasteiger partial charge in [0.05, 0.1) is 0 Å². The fourth-order valence-electron chi connectivity index (χ4n) is 1.24. The Morgan fingerprint density at radius 2 is 1.00 bits per heavy atom. The van der Waals surface area contributed by atoms with Crippen molar-refractivity contribution >= 4 is 15.2 Å². The standard InChI is InChI=1S/C10H27N3O6P2/c1-9(2,20(14,15)16)12-7-5-11-6-8-13-10(3,4)21(17,18)19/h11-13H,5-8H2,1-4H3,(H2,14,15,16)(H2,17,18,19). The van der Waals surface area contributed by atoms with Crippen LogP contribution < -0.4 is 16.0 Å². The Morgan fingerprint density at radius 1 is 0.714 bits per heavy atom. The highest BCUT2D eigenvalue weighted by Crippen LogP contribution is 2.48. The van der Waals surface area contributed by atoms with Crippen LogP contribution in [0.15, 0.2) is 0 Å². The first-order valence-corrected chi connectivity index (χ1v) is 9.75. The van der Waals surface area contributed by atoms with Crippen molar-refractivity contribution in [1.29, 1.82) is 0 Å². The molecule has 0 spiro atoms. The van der Waals surface area contributed by atoms with Crippen LogP contribution in [-0.4, -0.2) is 56.3 Å². The molecule has 9 nitrogen and oxygen atoms in total. The van der Waals surface area contributed by atoms with E-state index in [1.165, 1.54) is 27.7 Å². The second-order valence-corrected chi connectivity index (χ2v) is 10.2. The van der Waals surface area contributed by atoms with Gasteiger partial charge in [-0.1, -0.05) is 0 Å². The third-order valence-corrected chi connectivity index (χ3v) is 6.40. The molecule has 0 unspecified atom stereocenters. The van der Waals surface area contributed by atoms with Gasteiger partial charge in [0.1, 0.15) is 10.6 Å². The normalized spacial score (nSPS) is 14.5. The van der Waals surface area contributed by atoms with Crippen molar-refractivity contribution in [3.63, 3.8) is 0 Å². The van der Waals surface area contributed by atoms with Gasteiger partial charge in [-0.25, -0.2) is 0 Å². The van der Waals surface area contributed by atoms with Crippen LogP contribution >= 0.6 is 15.2 Å². The molecule has 21 heavy (non-hydrogen) atoms. The summed E-state index contributed by atoms with van der Waals surface area (Å²) in [6.45, 7) is 7.38. The Balaban J connectivity index is 3.86. The Kier molecular flexibility index (Phi) is 7.70. The fourth-order valence-corrected chi connectivity index (χ4v) is 1.88. The van der Waals surface area contributed by atoms with Crippen LogP contribution in [0.4, 0.5) is 0 Å². The molecule has 0 aliphatic rings. The molecule has 0 aromatic rings. The Morgan fingerprint density at radius 3 is 1.24 bits per heavy atom. The van der Waals surface area contributed by atoms with Gasteiger partial charge in [-0.3, -0.25) is 9.13 Å². The lowest BCUT2D eigenvalue weighted by Crippen LogP contribution is -2.45. The molecule has 0 fully saturated rings. The molecule has 0 aliphatic carbocycles. The average molecular weight is 347 g/mol. The van der Waals surface area contributed by atoms with E-state index in [0.717, 1.165) is 0 Å². The van der Waals surface area contributed by atoms with Gasteiger partial charge in [-0.2, -0.15) is 0 Å². The summed E-state index contributed by atoms with van der Waals surface area (Å²) in [6, 6.07) is 0. The zero-order valence-electron chi connectivity index (χ0n) is 12.8. The van der Waals surface area contributed by atoms with Crippen LogP contribution in [0.25, 0.3) is 0 Å². The Labute approximate surface area is 125 Å². The molecular formula is C10H27N3O6P2. The van der Waals surface area contributed by atoms with Gasteiger partial charge in [-0.15, -0.1) is 0 Å². The van der Waals surface area contributed by atoms with Gasteiger partial charge in [0, 0.05) is 26.2 Å². The summed E-state index contributed by atoms with van der Waals surface area (Å²) in [5.74, 6) is 0. The highest BCUT2D eigenvalue weighted by molar-refractivity contribution is 7.53. The summed E-state index contributed by atoms with van der Waals surface area (Å²) in [7, 11) is -8.42. The van der Waals surface area contributed by atoms with E-state index in [-0.39, 0.29) is 0 Å². The first-order chi connectivity index (χ1) is 9.21. The molecule has 128 valence electrons. The zero-order chi connectivity index (χ0) is 16.9. The number of rotatable bonds is 10. The number of nitrogens with one attached hydrogen (secondary N) is 3. The maximum Gasteiger partial charge on any atom is 0.344 e. The van der Waals surface area contributed by atoms with Crippen LogP contribution in [0.2, 0.25) is 0 Å². The molecule has 11 heteroatoms. The minimum absolute atomic E-state index is 0.361.